The van der Waals surface area contributed by atoms with E-state index in [1.165, 1.54) is 29.5 Å². The summed E-state index contributed by atoms with van der Waals surface area (Å²) in [6, 6.07) is 17.8. The average molecular weight is 462 g/mol. The van der Waals surface area contributed by atoms with Crippen LogP contribution >= 0.6 is 11.3 Å². The topological polar surface area (TPSA) is 88.6 Å². The second-order valence-electron chi connectivity index (χ2n) is 7.23. The second-order valence-corrected chi connectivity index (χ2v) is 8.06. The molecule has 0 aliphatic carbocycles. The molecule has 1 heterocycles. The van der Waals surface area contributed by atoms with Gasteiger partial charge in [0.15, 0.2) is 0 Å². The van der Waals surface area contributed by atoms with Gasteiger partial charge in [0.1, 0.15) is 23.0 Å². The number of benzene rings is 3. The minimum absolute atomic E-state index is 0.0580. The number of aryl methyl sites for hydroxylation is 1. The molecule has 0 fully saturated rings. The number of aromatic hydroxyl groups is 2. The van der Waals surface area contributed by atoms with Crippen molar-refractivity contribution < 1.29 is 19.7 Å². The highest BCUT2D eigenvalue weighted by Gasteiger charge is 2.14. The number of ether oxygens (including phenoxy) is 2. The predicted octanol–water partition coefficient (Wildman–Crippen LogP) is 4.88. The minimum Gasteiger partial charge on any atom is -0.508 e. The summed E-state index contributed by atoms with van der Waals surface area (Å²) in [5, 5.41) is 31.0. The van der Waals surface area contributed by atoms with Gasteiger partial charge in [-0.3, -0.25) is 4.57 Å². The third-order valence-electron chi connectivity index (χ3n) is 5.03. The van der Waals surface area contributed by atoms with Crippen molar-refractivity contribution in [3.8, 4) is 39.9 Å². The van der Waals surface area contributed by atoms with Crippen molar-refractivity contribution in [2.24, 2.45) is 10.2 Å². The maximum Gasteiger partial charge on any atom is 0.215 e. The van der Waals surface area contributed by atoms with E-state index in [4.69, 9.17) is 9.47 Å². The van der Waals surface area contributed by atoms with Crippen molar-refractivity contribution in [3.05, 3.63) is 82.0 Å². The molecule has 7 nitrogen and oxygen atoms in total. The third kappa shape index (κ3) is 4.75. The normalized spacial score (nSPS) is 11.8. The van der Waals surface area contributed by atoms with Crippen molar-refractivity contribution in [1.82, 2.24) is 4.57 Å². The molecule has 0 saturated carbocycles. The molecule has 0 spiro atoms. The maximum absolute atomic E-state index is 10.4. The SMILES string of the molecule is COc1ccc(OC)c(/C=N/N=c2\scc(-c3cc(O)ccc3O)n2-c2ccc(C)cc2)c1. The van der Waals surface area contributed by atoms with E-state index in [1.807, 2.05) is 53.3 Å². The van der Waals surface area contributed by atoms with Gasteiger partial charge in [0.2, 0.25) is 4.80 Å². The van der Waals surface area contributed by atoms with Gasteiger partial charge in [-0.25, -0.2) is 0 Å². The number of phenolic OH excluding ortho intramolecular Hbond substituents is 2. The summed E-state index contributed by atoms with van der Waals surface area (Å²) in [5.74, 6) is 1.45. The van der Waals surface area contributed by atoms with Gasteiger partial charge in [0.25, 0.3) is 0 Å². The first-order valence-corrected chi connectivity index (χ1v) is 11.0. The van der Waals surface area contributed by atoms with Gasteiger partial charge in [0, 0.05) is 22.2 Å². The Kier molecular flexibility index (Phi) is 6.46. The number of aromatic nitrogens is 1. The van der Waals surface area contributed by atoms with E-state index in [1.54, 1.807) is 26.5 Å². The van der Waals surface area contributed by atoms with Crippen molar-refractivity contribution in [3.63, 3.8) is 0 Å². The molecular weight excluding hydrogens is 438 g/mol. The summed E-state index contributed by atoms with van der Waals surface area (Å²) >= 11 is 1.37. The van der Waals surface area contributed by atoms with E-state index in [-0.39, 0.29) is 11.5 Å². The lowest BCUT2D eigenvalue weighted by Gasteiger charge is -2.11. The molecule has 0 atom stereocenters. The molecule has 4 aromatic rings. The number of hydrogen-bond acceptors (Lipinski definition) is 7. The van der Waals surface area contributed by atoms with E-state index < -0.39 is 0 Å². The molecule has 3 aromatic carbocycles. The number of phenols is 2. The third-order valence-corrected chi connectivity index (χ3v) is 5.85. The quantitative estimate of drug-likeness (QED) is 0.243. The highest BCUT2D eigenvalue weighted by molar-refractivity contribution is 7.07. The van der Waals surface area contributed by atoms with Crippen molar-refractivity contribution in [1.29, 1.82) is 0 Å². The summed E-state index contributed by atoms with van der Waals surface area (Å²) in [7, 11) is 3.19. The van der Waals surface area contributed by atoms with Crippen LogP contribution in [0.2, 0.25) is 0 Å². The molecule has 0 amide bonds. The van der Waals surface area contributed by atoms with E-state index >= 15 is 0 Å². The number of rotatable bonds is 6. The number of thiazole rings is 1. The van der Waals surface area contributed by atoms with Gasteiger partial charge in [-0.05, 0) is 55.5 Å². The molecule has 0 saturated heterocycles. The molecule has 0 unspecified atom stereocenters. The van der Waals surface area contributed by atoms with Crippen LogP contribution in [-0.4, -0.2) is 35.2 Å². The van der Waals surface area contributed by atoms with E-state index in [9.17, 15) is 10.2 Å². The summed E-state index contributed by atoms with van der Waals surface area (Å²) in [4.78, 5) is 0.592. The Morgan fingerprint density at radius 3 is 2.45 bits per heavy atom. The Bertz CT molecular complexity index is 1370. The van der Waals surface area contributed by atoms with Gasteiger partial charge in [-0.2, -0.15) is 5.10 Å². The van der Waals surface area contributed by atoms with Crippen LogP contribution in [0.25, 0.3) is 16.9 Å². The maximum atomic E-state index is 10.4. The van der Waals surface area contributed by atoms with Crippen LogP contribution in [-0.2, 0) is 0 Å². The van der Waals surface area contributed by atoms with Crippen molar-refractivity contribution in [2.75, 3.05) is 14.2 Å². The zero-order valence-corrected chi connectivity index (χ0v) is 19.2. The first-order valence-electron chi connectivity index (χ1n) is 10.1. The lowest BCUT2D eigenvalue weighted by Crippen LogP contribution is -2.13. The van der Waals surface area contributed by atoms with Crippen LogP contribution in [0.4, 0.5) is 0 Å². The largest absolute Gasteiger partial charge is 0.508 e. The minimum atomic E-state index is 0.0580. The van der Waals surface area contributed by atoms with Crippen LogP contribution in [0.1, 0.15) is 11.1 Å². The van der Waals surface area contributed by atoms with Crippen molar-refractivity contribution in [2.45, 2.75) is 6.92 Å². The summed E-state index contributed by atoms with van der Waals surface area (Å²) in [6.45, 7) is 2.02. The fraction of sp³-hybridized carbons (Fsp3) is 0.120. The molecule has 1 aromatic heterocycles. The first kappa shape index (κ1) is 22.2. The monoisotopic (exact) mass is 461 g/mol. The van der Waals surface area contributed by atoms with Gasteiger partial charge in [-0.15, -0.1) is 16.4 Å². The van der Waals surface area contributed by atoms with E-state index in [0.29, 0.717) is 27.6 Å². The standard InChI is InChI=1S/C25H23N3O4S/c1-16-4-6-18(7-5-16)28-22(21-13-19(29)8-10-23(21)30)15-33-25(28)27-26-14-17-12-20(31-2)9-11-24(17)32-3/h4-15,29-30H,1-3H3/b26-14+,27-25-. The zero-order valence-electron chi connectivity index (χ0n) is 18.4. The number of hydrogen-bond donors (Lipinski definition) is 2. The van der Waals surface area contributed by atoms with E-state index in [2.05, 4.69) is 10.2 Å². The lowest BCUT2D eigenvalue weighted by molar-refractivity contribution is 0.402. The fourth-order valence-electron chi connectivity index (χ4n) is 3.32. The molecule has 4 rings (SSSR count). The van der Waals surface area contributed by atoms with E-state index in [0.717, 1.165) is 16.8 Å². The van der Waals surface area contributed by atoms with Gasteiger partial charge < -0.3 is 19.7 Å². The smallest absolute Gasteiger partial charge is 0.215 e. The van der Waals surface area contributed by atoms with Crippen LogP contribution in [0.5, 0.6) is 23.0 Å². The molecule has 33 heavy (non-hydrogen) atoms. The van der Waals surface area contributed by atoms with Crippen LogP contribution in [0.3, 0.4) is 0 Å². The van der Waals surface area contributed by atoms with Gasteiger partial charge in [0.05, 0.1) is 26.1 Å². The number of methoxy groups -OCH3 is 2. The molecule has 8 heteroatoms. The molecule has 2 N–H and O–H groups in total. The van der Waals surface area contributed by atoms with Crippen LogP contribution in [0, 0.1) is 6.92 Å². The molecule has 0 aliphatic rings. The Labute approximate surface area is 195 Å². The molecule has 0 aliphatic heterocycles. The zero-order chi connectivity index (χ0) is 23.4. The molecular formula is C25H23N3O4S. The summed E-state index contributed by atoms with van der Waals surface area (Å²) in [5.41, 5.74) is 3.88. The Hall–Kier alpha value is -4.04. The molecule has 168 valence electrons. The van der Waals surface area contributed by atoms with Crippen LogP contribution in [0.15, 0.2) is 76.2 Å². The van der Waals surface area contributed by atoms with Crippen LogP contribution < -0.4 is 14.3 Å². The predicted molar refractivity (Wildman–Crippen MR) is 130 cm³/mol. The highest BCUT2D eigenvalue weighted by atomic mass is 32.1. The summed E-state index contributed by atoms with van der Waals surface area (Å²) < 4.78 is 12.6. The molecule has 0 bridgehead atoms. The Morgan fingerprint density at radius 2 is 1.73 bits per heavy atom. The molecule has 0 radical (unpaired) electrons. The Morgan fingerprint density at radius 1 is 0.939 bits per heavy atom. The highest BCUT2D eigenvalue weighted by Crippen LogP contribution is 2.33. The van der Waals surface area contributed by atoms with Gasteiger partial charge >= 0.3 is 0 Å². The summed E-state index contributed by atoms with van der Waals surface area (Å²) in [6.07, 6.45) is 1.60. The first-order chi connectivity index (χ1) is 16.0. The second kappa shape index (κ2) is 9.62. The van der Waals surface area contributed by atoms with Crippen molar-refractivity contribution >= 4 is 17.6 Å². The average Bonchev–Trinajstić information content (AvgIpc) is 3.24. The number of nitrogens with zero attached hydrogens (tertiary/aromatic N) is 3. The fourth-order valence-corrected chi connectivity index (χ4v) is 4.18. The van der Waals surface area contributed by atoms with Gasteiger partial charge in [-0.1, -0.05) is 17.7 Å². The lowest BCUT2D eigenvalue weighted by atomic mass is 10.1. The Balaban J connectivity index is 1.85.